The van der Waals surface area contributed by atoms with Crippen LogP contribution in [0.2, 0.25) is 0 Å². The van der Waals surface area contributed by atoms with Gasteiger partial charge in [-0.3, -0.25) is 4.79 Å². The summed E-state index contributed by atoms with van der Waals surface area (Å²) >= 11 is 0. The third kappa shape index (κ3) is 2.15. The molecule has 0 aromatic heterocycles. The maximum absolute atomic E-state index is 11.9. The van der Waals surface area contributed by atoms with Gasteiger partial charge in [0.25, 0.3) is 0 Å². The molecule has 88 valence electrons. The van der Waals surface area contributed by atoms with E-state index < -0.39 is 26.3 Å². The maximum atomic E-state index is 11.9. The first-order chi connectivity index (χ1) is 6.61. The van der Waals surface area contributed by atoms with Crippen LogP contribution < -0.4 is 4.72 Å². The highest BCUT2D eigenvalue weighted by Gasteiger charge is 2.56. The van der Waals surface area contributed by atoms with E-state index in [1.807, 2.05) is 0 Å². The fourth-order valence-electron chi connectivity index (χ4n) is 1.60. The Morgan fingerprint density at radius 1 is 1.33 bits per heavy atom. The van der Waals surface area contributed by atoms with Gasteiger partial charge in [0.1, 0.15) is 0 Å². The second-order valence-electron chi connectivity index (χ2n) is 5.01. The van der Waals surface area contributed by atoms with Gasteiger partial charge in [0, 0.05) is 5.54 Å². The van der Waals surface area contributed by atoms with Gasteiger partial charge < -0.3 is 5.11 Å². The molecule has 0 aromatic carbocycles. The minimum atomic E-state index is -3.79. The third-order valence-electron chi connectivity index (χ3n) is 2.51. The van der Waals surface area contributed by atoms with Gasteiger partial charge in [-0.2, -0.15) is 0 Å². The molecule has 1 aliphatic rings. The van der Waals surface area contributed by atoms with Gasteiger partial charge in [0.15, 0.2) is 4.75 Å². The van der Waals surface area contributed by atoms with Crippen LogP contribution in [0.5, 0.6) is 0 Å². The topological polar surface area (TPSA) is 83.5 Å². The normalized spacial score (nSPS) is 20.7. The summed E-state index contributed by atoms with van der Waals surface area (Å²) in [4.78, 5) is 11.0. The number of rotatable bonds is 3. The smallest absolute Gasteiger partial charge is 0.326 e. The standard InChI is InChI=1S/C9H17NO4S/c1-8(2,3)10-15(13,14)9(7(11)12)5-4-6-9/h10H,4-6H2,1-3H3,(H,11,12). The Balaban J connectivity index is 3.00. The summed E-state index contributed by atoms with van der Waals surface area (Å²) in [5.41, 5.74) is -0.642. The average molecular weight is 235 g/mol. The summed E-state index contributed by atoms with van der Waals surface area (Å²) in [6, 6.07) is 0. The van der Waals surface area contributed by atoms with Gasteiger partial charge in [0.05, 0.1) is 0 Å². The number of carboxylic acid groups (broad SMARTS) is 1. The Labute approximate surface area is 89.9 Å². The first-order valence-corrected chi connectivity index (χ1v) is 6.36. The van der Waals surface area contributed by atoms with Gasteiger partial charge in [0.2, 0.25) is 10.0 Å². The fourth-order valence-corrected chi connectivity index (χ4v) is 3.65. The molecule has 0 bridgehead atoms. The minimum Gasteiger partial charge on any atom is -0.480 e. The molecule has 2 N–H and O–H groups in total. The van der Waals surface area contributed by atoms with Gasteiger partial charge in [-0.25, -0.2) is 13.1 Å². The Morgan fingerprint density at radius 2 is 1.80 bits per heavy atom. The lowest BCUT2D eigenvalue weighted by atomic mass is 9.84. The molecule has 0 radical (unpaired) electrons. The molecule has 15 heavy (non-hydrogen) atoms. The summed E-state index contributed by atoms with van der Waals surface area (Å²) < 4.78 is 24.6. The number of sulfonamides is 1. The van der Waals surface area contributed by atoms with Crippen LogP contribution in [0.15, 0.2) is 0 Å². The first-order valence-electron chi connectivity index (χ1n) is 4.88. The molecule has 0 amide bonds. The molecule has 1 rings (SSSR count). The van der Waals surface area contributed by atoms with Crippen molar-refractivity contribution < 1.29 is 18.3 Å². The highest BCUT2D eigenvalue weighted by atomic mass is 32.2. The summed E-state index contributed by atoms with van der Waals surface area (Å²) in [5, 5.41) is 9.00. The third-order valence-corrected chi connectivity index (χ3v) is 5.00. The second-order valence-corrected chi connectivity index (χ2v) is 7.00. The summed E-state index contributed by atoms with van der Waals surface area (Å²) in [5.74, 6) is -1.24. The van der Waals surface area contributed by atoms with E-state index in [4.69, 9.17) is 5.11 Å². The predicted molar refractivity (Wildman–Crippen MR) is 56.0 cm³/mol. The monoisotopic (exact) mass is 235 g/mol. The number of nitrogens with one attached hydrogen (secondary N) is 1. The number of hydrogen-bond acceptors (Lipinski definition) is 3. The first kappa shape index (κ1) is 12.4. The largest absolute Gasteiger partial charge is 0.480 e. The van der Waals surface area contributed by atoms with Crippen LogP contribution in [-0.4, -0.2) is 29.8 Å². The van der Waals surface area contributed by atoms with E-state index in [9.17, 15) is 13.2 Å². The van der Waals surface area contributed by atoms with Gasteiger partial charge >= 0.3 is 5.97 Å². The molecule has 0 atom stereocenters. The lowest BCUT2D eigenvalue weighted by Gasteiger charge is -2.38. The van der Waals surface area contributed by atoms with E-state index in [0.29, 0.717) is 6.42 Å². The zero-order chi connectivity index (χ0) is 11.9. The summed E-state index contributed by atoms with van der Waals surface area (Å²) in [6.45, 7) is 5.08. The lowest BCUT2D eigenvalue weighted by molar-refractivity contribution is -0.142. The Hall–Kier alpha value is -0.620. The van der Waals surface area contributed by atoms with Gasteiger partial charge in [-0.05, 0) is 40.0 Å². The van der Waals surface area contributed by atoms with Crippen LogP contribution >= 0.6 is 0 Å². The van der Waals surface area contributed by atoms with E-state index in [1.54, 1.807) is 20.8 Å². The van der Waals surface area contributed by atoms with E-state index >= 15 is 0 Å². The van der Waals surface area contributed by atoms with Crippen molar-refractivity contribution in [3.05, 3.63) is 0 Å². The molecule has 6 heteroatoms. The van der Waals surface area contributed by atoms with Crippen LogP contribution in [0.25, 0.3) is 0 Å². The summed E-state index contributed by atoms with van der Waals surface area (Å²) in [6.07, 6.45) is 1.05. The quantitative estimate of drug-likeness (QED) is 0.754. The van der Waals surface area contributed by atoms with Crippen molar-refractivity contribution >= 4 is 16.0 Å². The van der Waals surface area contributed by atoms with Crippen LogP contribution in [0.1, 0.15) is 40.0 Å². The molecule has 1 fully saturated rings. The molecule has 0 aromatic rings. The van der Waals surface area contributed by atoms with Crippen molar-refractivity contribution in [2.24, 2.45) is 0 Å². The fraction of sp³-hybridized carbons (Fsp3) is 0.889. The molecular formula is C9H17NO4S. The molecule has 1 saturated carbocycles. The van der Waals surface area contributed by atoms with Crippen molar-refractivity contribution in [2.45, 2.75) is 50.3 Å². The number of hydrogen-bond donors (Lipinski definition) is 2. The predicted octanol–water partition coefficient (Wildman–Crippen LogP) is 0.712. The van der Waals surface area contributed by atoms with E-state index in [2.05, 4.69) is 4.72 Å². The second kappa shape index (κ2) is 3.45. The zero-order valence-corrected chi connectivity index (χ0v) is 10.0. The van der Waals surface area contributed by atoms with Crippen molar-refractivity contribution in [3.63, 3.8) is 0 Å². The Kier molecular flexibility index (Phi) is 2.86. The Bertz CT molecular complexity index is 362. The van der Waals surface area contributed by atoms with Crippen molar-refractivity contribution in [3.8, 4) is 0 Å². The van der Waals surface area contributed by atoms with Crippen molar-refractivity contribution in [2.75, 3.05) is 0 Å². The molecule has 1 aliphatic carbocycles. The molecule has 5 nitrogen and oxygen atoms in total. The number of carbonyl (C=O) groups is 1. The highest BCUT2D eigenvalue weighted by Crippen LogP contribution is 2.39. The van der Waals surface area contributed by atoms with Gasteiger partial charge in [-0.15, -0.1) is 0 Å². The van der Waals surface area contributed by atoms with Crippen LogP contribution in [0.3, 0.4) is 0 Å². The summed E-state index contributed by atoms with van der Waals surface area (Å²) in [7, 11) is -3.79. The Morgan fingerprint density at radius 3 is 2.00 bits per heavy atom. The van der Waals surface area contributed by atoms with Crippen LogP contribution in [0, 0.1) is 0 Å². The molecule has 0 saturated heterocycles. The number of carboxylic acids is 1. The SMILES string of the molecule is CC(C)(C)NS(=O)(=O)C1(C(=O)O)CCC1. The van der Waals surface area contributed by atoms with Crippen molar-refractivity contribution in [1.82, 2.24) is 4.72 Å². The highest BCUT2D eigenvalue weighted by molar-refractivity contribution is 7.91. The van der Waals surface area contributed by atoms with E-state index in [0.717, 1.165) is 0 Å². The van der Waals surface area contributed by atoms with Crippen LogP contribution in [-0.2, 0) is 14.8 Å². The maximum Gasteiger partial charge on any atom is 0.326 e. The molecule has 0 unspecified atom stereocenters. The molecule has 0 aliphatic heterocycles. The molecule has 0 spiro atoms. The van der Waals surface area contributed by atoms with Gasteiger partial charge in [-0.1, -0.05) is 0 Å². The average Bonchev–Trinajstić information content (AvgIpc) is 1.72. The van der Waals surface area contributed by atoms with E-state index in [-0.39, 0.29) is 12.8 Å². The molecular weight excluding hydrogens is 218 g/mol. The van der Waals surface area contributed by atoms with E-state index in [1.165, 1.54) is 0 Å². The van der Waals surface area contributed by atoms with Crippen molar-refractivity contribution in [1.29, 1.82) is 0 Å². The lowest BCUT2D eigenvalue weighted by Crippen LogP contribution is -2.59. The molecule has 0 heterocycles. The van der Waals surface area contributed by atoms with Crippen LogP contribution in [0.4, 0.5) is 0 Å². The minimum absolute atomic E-state index is 0.202. The number of aliphatic carboxylic acids is 1. The zero-order valence-electron chi connectivity index (χ0n) is 9.20.